The van der Waals surface area contributed by atoms with Gasteiger partial charge in [-0.1, -0.05) is 0 Å². The maximum atomic E-state index is 12.9. The number of esters is 1. The first kappa shape index (κ1) is 22.2. The number of nitrogens with zero attached hydrogens (tertiary/aromatic N) is 2. The van der Waals surface area contributed by atoms with Crippen molar-refractivity contribution in [2.45, 2.75) is 31.0 Å². The number of hydrogen-bond donors (Lipinski definition) is 2. The molecule has 1 saturated heterocycles. The largest absolute Gasteiger partial charge is 0.459 e. The molecular weight excluding hydrogens is 431 g/mol. The Kier molecular flexibility index (Phi) is 5.94. The van der Waals surface area contributed by atoms with Crippen molar-refractivity contribution in [3.63, 3.8) is 0 Å². The van der Waals surface area contributed by atoms with E-state index in [9.17, 15) is 42.8 Å². The quantitative estimate of drug-likeness (QED) is 0.392. The lowest BCUT2D eigenvalue weighted by molar-refractivity contribution is -0.384. The monoisotopic (exact) mass is 445 g/mol. The van der Waals surface area contributed by atoms with Crippen molar-refractivity contribution in [2.75, 3.05) is 6.61 Å². The maximum Gasteiger partial charge on any atom is 0.423 e. The summed E-state index contributed by atoms with van der Waals surface area (Å²) in [6.45, 7) is -0.502. The number of alkyl halides is 3. The number of halogens is 3. The van der Waals surface area contributed by atoms with Gasteiger partial charge >= 0.3 is 17.8 Å². The summed E-state index contributed by atoms with van der Waals surface area (Å²) in [4.78, 5) is 46.8. The molecule has 3 atom stereocenters. The number of non-ortho nitro benzene ring substituents is 1. The Hall–Kier alpha value is -3.52. The smallest absolute Gasteiger partial charge is 0.423 e. The van der Waals surface area contributed by atoms with E-state index >= 15 is 0 Å². The van der Waals surface area contributed by atoms with Crippen LogP contribution in [-0.2, 0) is 15.7 Å². The van der Waals surface area contributed by atoms with Gasteiger partial charge in [0.05, 0.1) is 16.6 Å². The third-order valence-corrected chi connectivity index (χ3v) is 4.48. The van der Waals surface area contributed by atoms with Crippen LogP contribution in [0.1, 0.15) is 28.6 Å². The Bertz CT molecular complexity index is 1110. The lowest BCUT2D eigenvalue weighted by Crippen LogP contribution is -2.36. The Morgan fingerprint density at radius 1 is 1.32 bits per heavy atom. The number of aliphatic hydroxyl groups excluding tert-OH is 1. The van der Waals surface area contributed by atoms with Gasteiger partial charge in [-0.3, -0.25) is 24.5 Å². The first-order valence-electron chi connectivity index (χ1n) is 8.65. The van der Waals surface area contributed by atoms with Crippen molar-refractivity contribution in [1.29, 1.82) is 0 Å². The van der Waals surface area contributed by atoms with Gasteiger partial charge in [-0.05, 0) is 12.1 Å². The highest BCUT2D eigenvalue weighted by Gasteiger charge is 2.39. The van der Waals surface area contributed by atoms with Gasteiger partial charge in [0.1, 0.15) is 24.5 Å². The summed E-state index contributed by atoms with van der Waals surface area (Å²) < 4.78 is 49.6. The van der Waals surface area contributed by atoms with Gasteiger partial charge in [0.2, 0.25) is 0 Å². The fourth-order valence-electron chi connectivity index (χ4n) is 2.90. The van der Waals surface area contributed by atoms with Crippen LogP contribution in [0.25, 0.3) is 0 Å². The Morgan fingerprint density at radius 3 is 2.55 bits per heavy atom. The van der Waals surface area contributed by atoms with Crippen LogP contribution >= 0.6 is 0 Å². The number of hydrogen-bond acceptors (Lipinski definition) is 8. The Morgan fingerprint density at radius 2 is 1.97 bits per heavy atom. The standard InChI is InChI=1S/C17H14F3N3O8/c18-17(19,20)10-6-22(16(27)21-14(10)25)13-5-11(24)12(31-13)7-30-15(26)8-1-3-9(4-2-8)23(28)29/h1-4,6,11-13,24H,5,7H2,(H,21,25,27)/t11-,12-,13+/m0/s1. The molecule has 0 unspecified atom stereocenters. The second-order valence-electron chi connectivity index (χ2n) is 6.54. The molecule has 1 fully saturated rings. The number of rotatable bonds is 5. The summed E-state index contributed by atoms with van der Waals surface area (Å²) in [5.74, 6) is -0.880. The van der Waals surface area contributed by atoms with E-state index in [1.807, 2.05) is 0 Å². The van der Waals surface area contributed by atoms with E-state index in [1.54, 1.807) is 4.98 Å². The minimum absolute atomic E-state index is 0.0127. The fraction of sp³-hybridized carbons (Fsp3) is 0.353. The molecule has 2 aromatic rings. The molecule has 1 aliphatic heterocycles. The number of nitro groups is 1. The van der Waals surface area contributed by atoms with Crippen molar-refractivity contribution >= 4 is 11.7 Å². The molecule has 1 aromatic heterocycles. The van der Waals surface area contributed by atoms with Crippen molar-refractivity contribution in [1.82, 2.24) is 9.55 Å². The van der Waals surface area contributed by atoms with Crippen LogP contribution in [0, 0.1) is 10.1 Å². The maximum absolute atomic E-state index is 12.9. The number of benzene rings is 1. The molecule has 0 bridgehead atoms. The third kappa shape index (κ3) is 4.80. The van der Waals surface area contributed by atoms with Crippen LogP contribution < -0.4 is 11.2 Å². The van der Waals surface area contributed by atoms with Crippen LogP contribution in [0.4, 0.5) is 18.9 Å². The first-order chi connectivity index (χ1) is 14.5. The summed E-state index contributed by atoms with van der Waals surface area (Å²) in [7, 11) is 0. The zero-order valence-electron chi connectivity index (χ0n) is 15.4. The van der Waals surface area contributed by atoms with E-state index < -0.39 is 58.9 Å². The van der Waals surface area contributed by atoms with E-state index in [2.05, 4.69) is 0 Å². The minimum atomic E-state index is -5.01. The third-order valence-electron chi connectivity index (χ3n) is 4.48. The van der Waals surface area contributed by atoms with Crippen molar-refractivity contribution in [2.24, 2.45) is 0 Å². The fourth-order valence-corrected chi connectivity index (χ4v) is 2.90. The number of carbonyl (C=O) groups is 1. The zero-order valence-corrected chi connectivity index (χ0v) is 15.4. The lowest BCUT2D eigenvalue weighted by atomic mass is 10.2. The minimum Gasteiger partial charge on any atom is -0.459 e. The molecule has 2 heterocycles. The second-order valence-corrected chi connectivity index (χ2v) is 6.54. The van der Waals surface area contributed by atoms with E-state index in [-0.39, 0.29) is 17.7 Å². The van der Waals surface area contributed by atoms with Gasteiger partial charge in [-0.2, -0.15) is 13.2 Å². The molecule has 2 N–H and O–H groups in total. The van der Waals surface area contributed by atoms with Gasteiger partial charge < -0.3 is 14.6 Å². The van der Waals surface area contributed by atoms with Gasteiger partial charge in [-0.15, -0.1) is 0 Å². The lowest BCUT2D eigenvalue weighted by Gasteiger charge is -2.17. The van der Waals surface area contributed by atoms with Gasteiger partial charge in [-0.25, -0.2) is 9.59 Å². The van der Waals surface area contributed by atoms with Crippen molar-refractivity contribution in [3.8, 4) is 0 Å². The number of aliphatic hydroxyl groups is 1. The van der Waals surface area contributed by atoms with Crippen LogP contribution in [0.2, 0.25) is 0 Å². The van der Waals surface area contributed by atoms with Crippen LogP contribution in [-0.4, -0.2) is 44.4 Å². The summed E-state index contributed by atoms with van der Waals surface area (Å²) in [5, 5.41) is 20.7. The molecular formula is C17H14F3N3O8. The highest BCUT2D eigenvalue weighted by molar-refractivity contribution is 5.89. The summed E-state index contributed by atoms with van der Waals surface area (Å²) in [6, 6.07) is 4.50. The molecule has 3 rings (SSSR count). The average Bonchev–Trinajstić information content (AvgIpc) is 3.05. The first-order valence-corrected chi connectivity index (χ1v) is 8.65. The van der Waals surface area contributed by atoms with E-state index in [1.165, 1.54) is 0 Å². The molecule has 0 radical (unpaired) electrons. The normalized spacial score (nSPS) is 21.1. The number of nitro benzene ring substituents is 1. The van der Waals surface area contributed by atoms with Gasteiger partial charge in [0, 0.05) is 24.8 Å². The molecule has 0 amide bonds. The van der Waals surface area contributed by atoms with E-state index in [4.69, 9.17) is 9.47 Å². The van der Waals surface area contributed by atoms with E-state index in [0.29, 0.717) is 10.8 Å². The predicted molar refractivity (Wildman–Crippen MR) is 94.2 cm³/mol. The number of ether oxygens (including phenoxy) is 2. The molecule has 1 aromatic carbocycles. The molecule has 166 valence electrons. The molecule has 14 heteroatoms. The molecule has 0 saturated carbocycles. The number of carbonyl (C=O) groups excluding carboxylic acids is 1. The average molecular weight is 445 g/mol. The van der Waals surface area contributed by atoms with Gasteiger partial charge in [0.15, 0.2) is 0 Å². The second kappa shape index (κ2) is 8.31. The number of aromatic amines is 1. The predicted octanol–water partition coefficient (Wildman–Crippen LogP) is 0.969. The number of aromatic nitrogens is 2. The van der Waals surface area contributed by atoms with Crippen LogP contribution in [0.5, 0.6) is 0 Å². The Labute approximate surface area is 169 Å². The highest BCUT2D eigenvalue weighted by atomic mass is 19.4. The SMILES string of the molecule is O=C(OC[C@@H]1O[C@@H](n2cc(C(F)(F)F)c(=O)[nH]c2=O)C[C@@H]1O)c1ccc([N+](=O)[O-])cc1. The van der Waals surface area contributed by atoms with Crippen molar-refractivity contribution in [3.05, 3.63) is 72.5 Å². The van der Waals surface area contributed by atoms with Crippen LogP contribution in [0.3, 0.4) is 0 Å². The molecule has 31 heavy (non-hydrogen) atoms. The number of H-pyrrole nitrogens is 1. The van der Waals surface area contributed by atoms with Gasteiger partial charge in [0.25, 0.3) is 11.2 Å². The Balaban J connectivity index is 1.69. The molecule has 0 aliphatic carbocycles. The highest BCUT2D eigenvalue weighted by Crippen LogP contribution is 2.30. The summed E-state index contributed by atoms with van der Waals surface area (Å²) >= 11 is 0. The molecule has 1 aliphatic rings. The molecule has 0 spiro atoms. The summed E-state index contributed by atoms with van der Waals surface area (Å²) in [6.07, 6.45) is -8.82. The number of nitrogens with one attached hydrogen (secondary N) is 1. The topological polar surface area (TPSA) is 154 Å². The zero-order chi connectivity index (χ0) is 22.9. The van der Waals surface area contributed by atoms with E-state index in [0.717, 1.165) is 24.3 Å². The van der Waals surface area contributed by atoms with Crippen molar-refractivity contribution < 1.29 is 37.5 Å². The van der Waals surface area contributed by atoms with Crippen LogP contribution in [0.15, 0.2) is 40.1 Å². The summed E-state index contributed by atoms with van der Waals surface area (Å²) in [5.41, 5.74) is -4.64. The molecule has 11 nitrogen and oxygen atoms in total.